The monoisotopic (exact) mass is 168 g/mol. The average Bonchev–Trinajstić information content (AvgIpc) is 1.90. The van der Waals surface area contributed by atoms with E-state index in [2.05, 4.69) is 0 Å². The third-order valence-corrected chi connectivity index (χ3v) is 2.80. The minimum absolute atomic E-state index is 0. The van der Waals surface area contributed by atoms with E-state index in [9.17, 15) is 9.90 Å². The molecular formula is C6H9NaO2S. The summed E-state index contributed by atoms with van der Waals surface area (Å²) in [6, 6.07) is 0. The molecule has 4 heteroatoms. The van der Waals surface area contributed by atoms with Gasteiger partial charge in [0.05, 0.1) is 5.97 Å². The third kappa shape index (κ3) is 3.28. The van der Waals surface area contributed by atoms with Crippen molar-refractivity contribution in [1.29, 1.82) is 0 Å². The first-order valence-electron chi connectivity index (χ1n) is 3.13. The van der Waals surface area contributed by atoms with Crippen molar-refractivity contribution in [3.05, 3.63) is 0 Å². The van der Waals surface area contributed by atoms with E-state index in [0.29, 0.717) is 0 Å². The van der Waals surface area contributed by atoms with E-state index < -0.39 is 5.97 Å². The van der Waals surface area contributed by atoms with Crippen molar-refractivity contribution in [1.82, 2.24) is 0 Å². The molecule has 0 aromatic heterocycles. The number of thioether (sulfide) groups is 1. The van der Waals surface area contributed by atoms with Crippen LogP contribution in [0.3, 0.4) is 0 Å². The minimum atomic E-state index is -0.889. The summed E-state index contributed by atoms with van der Waals surface area (Å²) < 4.78 is 0. The summed E-state index contributed by atoms with van der Waals surface area (Å²) in [7, 11) is 0. The van der Waals surface area contributed by atoms with Gasteiger partial charge in [-0.25, -0.2) is 0 Å². The zero-order valence-corrected chi connectivity index (χ0v) is 8.95. The van der Waals surface area contributed by atoms with Gasteiger partial charge in [-0.15, -0.1) is 0 Å². The molecule has 0 spiro atoms. The number of carbonyl (C=O) groups excluding carboxylic acids is 1. The van der Waals surface area contributed by atoms with Crippen LogP contribution in [0.15, 0.2) is 0 Å². The van der Waals surface area contributed by atoms with Crippen LogP contribution in [0.25, 0.3) is 0 Å². The van der Waals surface area contributed by atoms with Gasteiger partial charge in [0.15, 0.2) is 0 Å². The summed E-state index contributed by atoms with van der Waals surface area (Å²) >= 11 is 1.51. The maximum Gasteiger partial charge on any atom is 1.00 e. The van der Waals surface area contributed by atoms with Crippen LogP contribution in [0, 0.1) is 0 Å². The van der Waals surface area contributed by atoms with Crippen LogP contribution in [-0.2, 0) is 4.79 Å². The van der Waals surface area contributed by atoms with Crippen molar-refractivity contribution in [3.8, 4) is 0 Å². The fraction of sp³-hybridized carbons (Fsp3) is 0.833. The summed E-state index contributed by atoms with van der Waals surface area (Å²) in [6.07, 6.45) is 3.01. The number of carboxylic acids is 1. The van der Waals surface area contributed by atoms with Gasteiger partial charge in [-0.1, -0.05) is 6.42 Å². The van der Waals surface area contributed by atoms with Gasteiger partial charge >= 0.3 is 29.6 Å². The Hall–Kier alpha value is 0.820. The Bertz CT molecular complexity index is 112. The van der Waals surface area contributed by atoms with Gasteiger partial charge in [0, 0.05) is 5.25 Å². The van der Waals surface area contributed by atoms with Gasteiger partial charge in [0.25, 0.3) is 0 Å². The van der Waals surface area contributed by atoms with Crippen LogP contribution in [-0.4, -0.2) is 17.0 Å². The first kappa shape index (κ1) is 10.8. The van der Waals surface area contributed by atoms with E-state index in [-0.39, 0.29) is 34.8 Å². The molecule has 0 N–H and O–H groups in total. The van der Waals surface area contributed by atoms with E-state index in [0.717, 1.165) is 25.0 Å². The second-order valence-corrected chi connectivity index (χ2v) is 3.48. The number of carboxylic acid groups (broad SMARTS) is 1. The molecule has 1 rings (SSSR count). The molecular weight excluding hydrogens is 159 g/mol. The van der Waals surface area contributed by atoms with Crippen LogP contribution >= 0.6 is 11.8 Å². The summed E-state index contributed by atoms with van der Waals surface area (Å²) in [5.41, 5.74) is 0. The molecule has 2 nitrogen and oxygen atoms in total. The Labute approximate surface area is 87.1 Å². The standard InChI is InChI=1S/C6H10O2S.Na/c7-6(8)5-3-1-2-4-9-5;/h5H,1-4H2,(H,7,8);/q;+1/p-1. The molecule has 0 amide bonds. The number of hydrogen-bond donors (Lipinski definition) is 0. The molecule has 1 fully saturated rings. The maximum atomic E-state index is 10.2. The van der Waals surface area contributed by atoms with Crippen LogP contribution in [0.2, 0.25) is 0 Å². The van der Waals surface area contributed by atoms with Crippen molar-refractivity contribution >= 4 is 17.7 Å². The van der Waals surface area contributed by atoms with Gasteiger partial charge in [0.2, 0.25) is 0 Å². The third-order valence-electron chi connectivity index (χ3n) is 1.44. The molecule has 0 bridgehead atoms. The predicted octanol–water partition coefficient (Wildman–Crippen LogP) is -2.97. The Morgan fingerprint density at radius 1 is 1.50 bits per heavy atom. The van der Waals surface area contributed by atoms with Crippen LogP contribution < -0.4 is 34.7 Å². The molecule has 0 aliphatic carbocycles. The average molecular weight is 168 g/mol. The number of carbonyl (C=O) groups is 1. The second kappa shape index (κ2) is 5.47. The van der Waals surface area contributed by atoms with Gasteiger partial charge in [-0.2, -0.15) is 11.8 Å². The Morgan fingerprint density at radius 2 is 2.20 bits per heavy atom. The van der Waals surface area contributed by atoms with Crippen molar-refractivity contribution in [2.24, 2.45) is 0 Å². The molecule has 1 aliphatic heterocycles. The zero-order valence-electron chi connectivity index (χ0n) is 6.13. The first-order valence-corrected chi connectivity index (χ1v) is 4.18. The van der Waals surface area contributed by atoms with Gasteiger partial charge in [0.1, 0.15) is 0 Å². The fourth-order valence-electron chi connectivity index (χ4n) is 0.927. The predicted molar refractivity (Wildman–Crippen MR) is 35.1 cm³/mol. The largest absolute Gasteiger partial charge is 1.00 e. The molecule has 0 aromatic rings. The summed E-state index contributed by atoms with van der Waals surface area (Å²) in [4.78, 5) is 10.2. The van der Waals surface area contributed by atoms with Gasteiger partial charge < -0.3 is 9.90 Å². The number of hydrogen-bond acceptors (Lipinski definition) is 3. The first-order chi connectivity index (χ1) is 4.30. The second-order valence-electron chi connectivity index (χ2n) is 2.17. The fourth-order valence-corrected chi connectivity index (χ4v) is 2.05. The summed E-state index contributed by atoms with van der Waals surface area (Å²) in [5.74, 6) is 0.0956. The Balaban J connectivity index is 0.000000810. The Morgan fingerprint density at radius 3 is 2.50 bits per heavy atom. The SMILES string of the molecule is O=C([O-])C1CCCCS1.[Na+]. The van der Waals surface area contributed by atoms with Crippen molar-refractivity contribution in [3.63, 3.8) is 0 Å². The molecule has 1 heterocycles. The van der Waals surface area contributed by atoms with Crippen LogP contribution in [0.1, 0.15) is 19.3 Å². The molecule has 1 saturated heterocycles. The number of aliphatic carboxylic acids is 1. The van der Waals surface area contributed by atoms with Gasteiger partial charge in [-0.05, 0) is 18.6 Å². The Kier molecular flexibility index (Phi) is 5.92. The molecule has 1 aliphatic rings. The normalized spacial score (nSPS) is 25.0. The molecule has 10 heavy (non-hydrogen) atoms. The molecule has 1 unspecified atom stereocenters. The molecule has 0 radical (unpaired) electrons. The van der Waals surface area contributed by atoms with Crippen molar-refractivity contribution < 1.29 is 39.5 Å². The zero-order chi connectivity index (χ0) is 6.69. The molecule has 0 saturated carbocycles. The van der Waals surface area contributed by atoms with E-state index in [4.69, 9.17) is 0 Å². The van der Waals surface area contributed by atoms with E-state index in [1.807, 2.05) is 0 Å². The van der Waals surface area contributed by atoms with E-state index in [1.54, 1.807) is 0 Å². The maximum absolute atomic E-state index is 10.2. The summed E-state index contributed by atoms with van der Waals surface area (Å²) in [6.45, 7) is 0. The minimum Gasteiger partial charge on any atom is -0.549 e. The smallest absolute Gasteiger partial charge is 0.549 e. The van der Waals surface area contributed by atoms with E-state index in [1.165, 1.54) is 11.8 Å². The van der Waals surface area contributed by atoms with E-state index >= 15 is 0 Å². The number of rotatable bonds is 1. The quantitative estimate of drug-likeness (QED) is 0.392. The van der Waals surface area contributed by atoms with Crippen molar-refractivity contribution in [2.45, 2.75) is 24.5 Å². The van der Waals surface area contributed by atoms with Crippen LogP contribution in [0.4, 0.5) is 0 Å². The summed E-state index contributed by atoms with van der Waals surface area (Å²) in [5, 5.41) is 10.00. The van der Waals surface area contributed by atoms with Crippen molar-refractivity contribution in [2.75, 3.05) is 5.75 Å². The van der Waals surface area contributed by atoms with Crippen LogP contribution in [0.5, 0.6) is 0 Å². The molecule has 1 atom stereocenters. The molecule has 0 aromatic carbocycles. The topological polar surface area (TPSA) is 40.1 Å². The van der Waals surface area contributed by atoms with Gasteiger partial charge in [-0.3, -0.25) is 0 Å². The molecule has 52 valence electrons.